The highest BCUT2D eigenvalue weighted by Gasteiger charge is 2.27. The van der Waals surface area contributed by atoms with E-state index in [9.17, 15) is 0 Å². The lowest BCUT2D eigenvalue weighted by Gasteiger charge is -2.23. The number of ether oxygens (including phenoxy) is 2. The van der Waals surface area contributed by atoms with Gasteiger partial charge in [-0.3, -0.25) is 0 Å². The summed E-state index contributed by atoms with van der Waals surface area (Å²) in [5, 5.41) is 3.40. The molecule has 1 saturated heterocycles. The Labute approximate surface area is 108 Å². The van der Waals surface area contributed by atoms with Gasteiger partial charge in [0, 0.05) is 13.0 Å². The van der Waals surface area contributed by atoms with Crippen molar-refractivity contribution in [3.63, 3.8) is 0 Å². The zero-order valence-electron chi connectivity index (χ0n) is 11.1. The Hall–Kier alpha value is -1.06. The fourth-order valence-electron chi connectivity index (χ4n) is 3.07. The van der Waals surface area contributed by atoms with Crippen LogP contribution in [0.25, 0.3) is 0 Å². The van der Waals surface area contributed by atoms with Gasteiger partial charge in [-0.2, -0.15) is 0 Å². The number of nitrogens with one attached hydrogen (secondary N) is 1. The van der Waals surface area contributed by atoms with E-state index >= 15 is 0 Å². The first-order valence-electron chi connectivity index (χ1n) is 6.86. The topological polar surface area (TPSA) is 30.5 Å². The lowest BCUT2D eigenvalue weighted by Crippen LogP contribution is -2.28. The summed E-state index contributed by atoms with van der Waals surface area (Å²) in [5.74, 6) is 1.05. The Morgan fingerprint density at radius 1 is 1.39 bits per heavy atom. The summed E-state index contributed by atoms with van der Waals surface area (Å²) in [7, 11) is 2.01. The molecule has 2 aliphatic heterocycles. The van der Waals surface area contributed by atoms with Crippen molar-refractivity contribution in [3.05, 3.63) is 29.3 Å². The number of likely N-dealkylation sites (N-methyl/N-ethyl adjacent to an activating group) is 1. The predicted molar refractivity (Wildman–Crippen MR) is 71.0 cm³/mol. The summed E-state index contributed by atoms with van der Waals surface area (Å²) >= 11 is 0. The lowest BCUT2D eigenvalue weighted by atomic mass is 9.96. The third-order valence-corrected chi connectivity index (χ3v) is 3.93. The molecule has 98 valence electrons. The van der Waals surface area contributed by atoms with Crippen molar-refractivity contribution in [2.75, 3.05) is 13.7 Å². The summed E-state index contributed by atoms with van der Waals surface area (Å²) in [4.78, 5) is 0. The van der Waals surface area contributed by atoms with Gasteiger partial charge in [0.05, 0.1) is 12.1 Å². The molecule has 1 aromatic carbocycles. The molecular formula is C15H21NO2. The van der Waals surface area contributed by atoms with Crippen molar-refractivity contribution in [3.8, 4) is 5.75 Å². The van der Waals surface area contributed by atoms with Crippen LogP contribution in [0.3, 0.4) is 0 Å². The van der Waals surface area contributed by atoms with E-state index < -0.39 is 0 Å². The molecule has 0 spiro atoms. The van der Waals surface area contributed by atoms with Crippen molar-refractivity contribution in [1.82, 2.24) is 5.32 Å². The zero-order valence-corrected chi connectivity index (χ0v) is 11.1. The van der Waals surface area contributed by atoms with E-state index in [0.717, 1.165) is 25.2 Å². The largest absolute Gasteiger partial charge is 0.490 e. The molecule has 3 rings (SSSR count). The molecule has 2 aliphatic rings. The summed E-state index contributed by atoms with van der Waals surface area (Å²) in [6, 6.07) is 6.85. The Morgan fingerprint density at radius 2 is 2.28 bits per heavy atom. The van der Waals surface area contributed by atoms with Crippen LogP contribution in [0.5, 0.6) is 5.75 Å². The van der Waals surface area contributed by atoms with Crippen LogP contribution in [0, 0.1) is 0 Å². The molecule has 0 saturated carbocycles. The minimum atomic E-state index is 0.300. The first-order valence-corrected chi connectivity index (χ1v) is 6.86. The Morgan fingerprint density at radius 3 is 3.00 bits per heavy atom. The number of fused-ring (bicyclic) bond motifs is 1. The number of benzene rings is 1. The van der Waals surface area contributed by atoms with E-state index in [1.54, 1.807) is 0 Å². The molecular weight excluding hydrogens is 226 g/mol. The van der Waals surface area contributed by atoms with Gasteiger partial charge >= 0.3 is 0 Å². The van der Waals surface area contributed by atoms with Crippen LogP contribution >= 0.6 is 0 Å². The minimum Gasteiger partial charge on any atom is -0.490 e. The van der Waals surface area contributed by atoms with Crippen molar-refractivity contribution < 1.29 is 9.47 Å². The molecule has 0 aliphatic carbocycles. The van der Waals surface area contributed by atoms with Crippen molar-refractivity contribution in [2.45, 2.75) is 44.4 Å². The smallest absolute Gasteiger partial charge is 0.123 e. The fourth-order valence-corrected chi connectivity index (χ4v) is 3.07. The van der Waals surface area contributed by atoms with E-state index in [1.807, 2.05) is 7.05 Å². The number of rotatable bonds is 3. The average Bonchev–Trinajstić information content (AvgIpc) is 2.97. The molecule has 18 heavy (non-hydrogen) atoms. The molecule has 3 heteroatoms. The molecule has 3 unspecified atom stereocenters. The molecule has 0 radical (unpaired) electrons. The Bertz CT molecular complexity index is 427. The van der Waals surface area contributed by atoms with Crippen LogP contribution in [0.4, 0.5) is 0 Å². The summed E-state index contributed by atoms with van der Waals surface area (Å²) in [6.45, 7) is 3.02. The van der Waals surface area contributed by atoms with Gasteiger partial charge in [-0.05, 0) is 44.0 Å². The van der Waals surface area contributed by atoms with Gasteiger partial charge in [-0.15, -0.1) is 0 Å². The van der Waals surface area contributed by atoms with Gasteiger partial charge in [0.2, 0.25) is 0 Å². The SMILES string of the molecule is CNC(c1ccc2c(c1)CC(C)O2)C1CCCO1. The molecule has 1 fully saturated rings. The van der Waals surface area contributed by atoms with Crippen molar-refractivity contribution >= 4 is 0 Å². The van der Waals surface area contributed by atoms with Crippen LogP contribution < -0.4 is 10.1 Å². The highest BCUT2D eigenvalue weighted by molar-refractivity contribution is 5.41. The summed E-state index contributed by atoms with van der Waals surface area (Å²) < 4.78 is 11.6. The Balaban J connectivity index is 1.84. The molecule has 2 heterocycles. The molecule has 3 nitrogen and oxygen atoms in total. The van der Waals surface area contributed by atoms with Gasteiger partial charge in [-0.25, -0.2) is 0 Å². The number of hydrogen-bond acceptors (Lipinski definition) is 3. The van der Waals surface area contributed by atoms with Crippen molar-refractivity contribution in [1.29, 1.82) is 0 Å². The van der Waals surface area contributed by atoms with Crippen molar-refractivity contribution in [2.24, 2.45) is 0 Å². The molecule has 1 N–H and O–H groups in total. The first-order chi connectivity index (χ1) is 8.78. The molecule has 0 aromatic heterocycles. The third kappa shape index (κ3) is 2.13. The maximum atomic E-state index is 5.81. The maximum Gasteiger partial charge on any atom is 0.123 e. The lowest BCUT2D eigenvalue weighted by molar-refractivity contribution is 0.0807. The highest BCUT2D eigenvalue weighted by atomic mass is 16.5. The maximum absolute atomic E-state index is 5.81. The van der Waals surface area contributed by atoms with E-state index in [1.165, 1.54) is 17.5 Å². The highest BCUT2D eigenvalue weighted by Crippen LogP contribution is 2.33. The average molecular weight is 247 g/mol. The minimum absolute atomic E-state index is 0.300. The molecule has 1 aromatic rings. The van der Waals surface area contributed by atoms with E-state index in [-0.39, 0.29) is 0 Å². The summed E-state index contributed by atoms with van der Waals surface area (Å²) in [6.07, 6.45) is 3.97. The third-order valence-electron chi connectivity index (χ3n) is 3.93. The van der Waals surface area contributed by atoms with E-state index in [4.69, 9.17) is 9.47 Å². The molecule has 0 bridgehead atoms. The fraction of sp³-hybridized carbons (Fsp3) is 0.600. The Kier molecular flexibility index (Phi) is 3.27. The standard InChI is InChI=1S/C15H21NO2/c1-10-8-12-9-11(5-6-13(12)18-10)15(16-2)14-4-3-7-17-14/h5-6,9-10,14-16H,3-4,7-8H2,1-2H3. The monoisotopic (exact) mass is 247 g/mol. The van der Waals surface area contributed by atoms with Crippen LogP contribution in [0.15, 0.2) is 18.2 Å². The molecule has 0 amide bonds. The first kappa shape index (κ1) is 12.0. The second kappa shape index (κ2) is 4.90. The van der Waals surface area contributed by atoms with E-state index in [0.29, 0.717) is 18.2 Å². The van der Waals surface area contributed by atoms with E-state index in [2.05, 4.69) is 30.4 Å². The van der Waals surface area contributed by atoms with Crippen LogP contribution in [0.2, 0.25) is 0 Å². The second-order valence-corrected chi connectivity index (χ2v) is 5.32. The molecule has 3 atom stereocenters. The second-order valence-electron chi connectivity index (χ2n) is 5.32. The van der Waals surface area contributed by atoms with Gasteiger partial charge in [0.15, 0.2) is 0 Å². The normalized spacial score (nSPS) is 27.9. The van der Waals surface area contributed by atoms with Gasteiger partial charge < -0.3 is 14.8 Å². The quantitative estimate of drug-likeness (QED) is 0.890. The van der Waals surface area contributed by atoms with Crippen LogP contribution in [-0.4, -0.2) is 25.9 Å². The van der Waals surface area contributed by atoms with Gasteiger partial charge in [0.25, 0.3) is 0 Å². The summed E-state index contributed by atoms with van der Waals surface area (Å²) in [5.41, 5.74) is 2.65. The van der Waals surface area contributed by atoms with Crippen LogP contribution in [0.1, 0.15) is 36.9 Å². The van der Waals surface area contributed by atoms with Gasteiger partial charge in [-0.1, -0.05) is 12.1 Å². The van der Waals surface area contributed by atoms with Gasteiger partial charge in [0.1, 0.15) is 11.9 Å². The van der Waals surface area contributed by atoms with Crippen LogP contribution in [-0.2, 0) is 11.2 Å². The predicted octanol–water partition coefficient (Wildman–Crippen LogP) is 2.45. The number of hydrogen-bond donors (Lipinski definition) is 1. The zero-order chi connectivity index (χ0) is 12.5.